The summed E-state index contributed by atoms with van der Waals surface area (Å²) in [5.74, 6) is 0.224. The van der Waals surface area contributed by atoms with Crippen molar-refractivity contribution in [2.24, 2.45) is 5.92 Å². The predicted octanol–water partition coefficient (Wildman–Crippen LogP) is 1.40. The molecule has 1 amide bonds. The lowest BCUT2D eigenvalue weighted by atomic mass is 10.0. The van der Waals surface area contributed by atoms with Gasteiger partial charge in [0.05, 0.1) is 26.7 Å². The highest BCUT2D eigenvalue weighted by atomic mass is 32.2. The first kappa shape index (κ1) is 20.9. The average molecular weight is 413 g/mol. The van der Waals surface area contributed by atoms with Crippen molar-refractivity contribution in [2.45, 2.75) is 36.6 Å². The van der Waals surface area contributed by atoms with E-state index in [1.807, 2.05) is 0 Å². The maximum Gasteiger partial charge on any atom is 0.247 e. The molecule has 156 valence electrons. The van der Waals surface area contributed by atoms with Gasteiger partial charge in [0.15, 0.2) is 0 Å². The van der Waals surface area contributed by atoms with Crippen LogP contribution in [0.4, 0.5) is 0 Å². The molecule has 2 fully saturated rings. The molecule has 0 aromatic heterocycles. The molecule has 8 nitrogen and oxygen atoms in total. The van der Waals surface area contributed by atoms with Crippen molar-refractivity contribution in [3.63, 3.8) is 0 Å². The van der Waals surface area contributed by atoms with E-state index in [2.05, 4.69) is 5.32 Å². The second-order valence-electron chi connectivity index (χ2n) is 6.99. The fourth-order valence-corrected chi connectivity index (χ4v) is 5.87. The molecule has 28 heavy (non-hydrogen) atoms. The third-order valence-corrected chi connectivity index (χ3v) is 7.30. The van der Waals surface area contributed by atoms with Gasteiger partial charge in [-0.25, -0.2) is 8.42 Å². The predicted molar refractivity (Wildman–Crippen MR) is 103 cm³/mol. The fraction of sp³-hybridized carbons (Fsp3) is 0.632. The van der Waals surface area contributed by atoms with Crippen LogP contribution in [0.3, 0.4) is 0 Å². The Morgan fingerprint density at radius 2 is 1.96 bits per heavy atom. The van der Waals surface area contributed by atoms with E-state index in [1.54, 1.807) is 12.1 Å². The van der Waals surface area contributed by atoms with Crippen LogP contribution in [0, 0.1) is 5.92 Å². The number of rotatable bonds is 4. The van der Waals surface area contributed by atoms with Gasteiger partial charge in [-0.05, 0) is 31.4 Å². The van der Waals surface area contributed by atoms with Gasteiger partial charge < -0.3 is 19.5 Å². The van der Waals surface area contributed by atoms with E-state index in [4.69, 9.17) is 14.2 Å². The van der Waals surface area contributed by atoms with Crippen molar-refractivity contribution >= 4 is 15.9 Å². The maximum absolute atomic E-state index is 13.7. The van der Waals surface area contributed by atoms with E-state index in [-0.39, 0.29) is 35.1 Å². The van der Waals surface area contributed by atoms with E-state index in [9.17, 15) is 13.2 Å². The van der Waals surface area contributed by atoms with E-state index >= 15 is 0 Å². The summed E-state index contributed by atoms with van der Waals surface area (Å²) in [5, 5.41) is 2.87. The standard InChI is InChI=1S/C19H28N2O6S/c1-25-14-7-8-17(26-2)18(13-14)28(23,24)21-10-4-11-27-12-9-20-19(22)15-5-3-6-16(15)21/h7-8,13,15-16H,3-6,9-12H2,1-2H3,(H,20,22)/t15-,16+/m1/s1. The highest BCUT2D eigenvalue weighted by molar-refractivity contribution is 7.89. The summed E-state index contributed by atoms with van der Waals surface area (Å²) in [6.45, 7) is 1.60. The van der Waals surface area contributed by atoms with Crippen LogP contribution < -0.4 is 14.8 Å². The first-order valence-electron chi connectivity index (χ1n) is 9.58. The number of amides is 1. The van der Waals surface area contributed by atoms with E-state index in [0.29, 0.717) is 44.8 Å². The molecule has 2 atom stereocenters. The summed E-state index contributed by atoms with van der Waals surface area (Å²) in [6, 6.07) is 4.34. The molecule has 1 aliphatic carbocycles. The number of sulfonamides is 1. The molecule has 3 rings (SSSR count). The van der Waals surface area contributed by atoms with Crippen LogP contribution in [0.2, 0.25) is 0 Å². The van der Waals surface area contributed by atoms with Crippen molar-refractivity contribution < 1.29 is 27.4 Å². The van der Waals surface area contributed by atoms with E-state index in [1.165, 1.54) is 24.6 Å². The lowest BCUT2D eigenvalue weighted by Gasteiger charge is -2.32. The van der Waals surface area contributed by atoms with Gasteiger partial charge in [0, 0.05) is 31.8 Å². The van der Waals surface area contributed by atoms with Crippen molar-refractivity contribution in [2.75, 3.05) is 40.5 Å². The molecular weight excluding hydrogens is 384 g/mol. The Bertz CT molecular complexity index is 798. The molecule has 0 unspecified atom stereocenters. The number of hydrogen-bond donors (Lipinski definition) is 1. The summed E-state index contributed by atoms with van der Waals surface area (Å²) in [5.41, 5.74) is 0. The average Bonchev–Trinajstić information content (AvgIpc) is 3.17. The van der Waals surface area contributed by atoms with E-state index < -0.39 is 10.0 Å². The van der Waals surface area contributed by atoms with Crippen molar-refractivity contribution in [1.82, 2.24) is 9.62 Å². The molecule has 1 aromatic rings. The smallest absolute Gasteiger partial charge is 0.247 e. The summed E-state index contributed by atoms with van der Waals surface area (Å²) < 4.78 is 44.8. The van der Waals surface area contributed by atoms with Crippen LogP contribution in [0.1, 0.15) is 25.7 Å². The zero-order valence-corrected chi connectivity index (χ0v) is 17.2. The monoisotopic (exact) mass is 412 g/mol. The molecule has 9 heteroatoms. The SMILES string of the molecule is COc1ccc(OC)c(S(=O)(=O)N2CCCOCCNC(=O)[C@@H]3CCC[C@@H]32)c1. The molecule has 1 aromatic carbocycles. The number of carbonyl (C=O) groups excluding carboxylic acids is 1. The Hall–Kier alpha value is -1.84. The van der Waals surface area contributed by atoms with Crippen LogP contribution in [0.15, 0.2) is 23.1 Å². The molecule has 0 radical (unpaired) electrons. The summed E-state index contributed by atoms with van der Waals surface area (Å²) >= 11 is 0. The molecule has 1 saturated heterocycles. The Labute approximate surface area is 166 Å². The number of carbonyl (C=O) groups is 1. The van der Waals surface area contributed by atoms with Crippen LogP contribution in [-0.4, -0.2) is 65.2 Å². The van der Waals surface area contributed by atoms with Crippen LogP contribution in [0.25, 0.3) is 0 Å². The van der Waals surface area contributed by atoms with Crippen LogP contribution in [-0.2, 0) is 19.6 Å². The Kier molecular flexibility index (Phi) is 6.79. The lowest BCUT2D eigenvalue weighted by molar-refractivity contribution is -0.126. The number of methoxy groups -OCH3 is 2. The maximum atomic E-state index is 13.7. The number of nitrogens with one attached hydrogen (secondary N) is 1. The molecule has 1 saturated carbocycles. The van der Waals surface area contributed by atoms with E-state index in [0.717, 1.165) is 6.42 Å². The largest absolute Gasteiger partial charge is 0.497 e. The third-order valence-electron chi connectivity index (χ3n) is 5.36. The highest BCUT2D eigenvalue weighted by Crippen LogP contribution is 2.37. The molecule has 1 aliphatic heterocycles. The van der Waals surface area contributed by atoms with Gasteiger partial charge in [0.1, 0.15) is 16.4 Å². The summed E-state index contributed by atoms with van der Waals surface area (Å²) in [6.07, 6.45) is 2.71. The highest BCUT2D eigenvalue weighted by Gasteiger charge is 2.43. The van der Waals surface area contributed by atoms with Gasteiger partial charge >= 0.3 is 0 Å². The van der Waals surface area contributed by atoms with Crippen molar-refractivity contribution in [3.8, 4) is 11.5 Å². The quantitative estimate of drug-likeness (QED) is 0.803. The minimum absolute atomic E-state index is 0.0520. The second-order valence-corrected chi connectivity index (χ2v) is 8.85. The summed E-state index contributed by atoms with van der Waals surface area (Å²) in [7, 11) is -0.978. The first-order chi connectivity index (χ1) is 13.5. The number of fused-ring (bicyclic) bond motifs is 1. The van der Waals surface area contributed by atoms with Gasteiger partial charge in [-0.2, -0.15) is 4.31 Å². The molecular formula is C19H28N2O6S. The Balaban J connectivity index is 2.02. The Morgan fingerprint density at radius 1 is 1.14 bits per heavy atom. The van der Waals surface area contributed by atoms with Gasteiger partial charge in [-0.1, -0.05) is 6.42 Å². The molecule has 0 spiro atoms. The second kappa shape index (κ2) is 9.11. The number of ether oxygens (including phenoxy) is 3. The molecule has 1 N–H and O–H groups in total. The molecule has 1 heterocycles. The summed E-state index contributed by atoms with van der Waals surface area (Å²) in [4.78, 5) is 12.7. The Morgan fingerprint density at radius 3 is 2.71 bits per heavy atom. The number of hydrogen-bond acceptors (Lipinski definition) is 6. The van der Waals surface area contributed by atoms with Crippen LogP contribution in [0.5, 0.6) is 11.5 Å². The van der Waals surface area contributed by atoms with Gasteiger partial charge in [-0.15, -0.1) is 0 Å². The van der Waals surface area contributed by atoms with Crippen molar-refractivity contribution in [3.05, 3.63) is 18.2 Å². The topological polar surface area (TPSA) is 94.2 Å². The molecule has 2 aliphatic rings. The zero-order valence-electron chi connectivity index (χ0n) is 16.3. The number of nitrogens with zero attached hydrogens (tertiary/aromatic N) is 1. The van der Waals surface area contributed by atoms with Gasteiger partial charge in [-0.3, -0.25) is 4.79 Å². The molecule has 0 bridgehead atoms. The lowest BCUT2D eigenvalue weighted by Crippen LogP contribution is -2.47. The van der Waals surface area contributed by atoms with Gasteiger partial charge in [0.2, 0.25) is 15.9 Å². The minimum atomic E-state index is -3.90. The first-order valence-corrected chi connectivity index (χ1v) is 11.0. The fourth-order valence-electron chi connectivity index (χ4n) is 3.97. The number of benzene rings is 1. The zero-order chi connectivity index (χ0) is 20.1. The third kappa shape index (κ3) is 4.26. The van der Waals surface area contributed by atoms with Crippen LogP contribution >= 0.6 is 0 Å². The van der Waals surface area contributed by atoms with Gasteiger partial charge in [0.25, 0.3) is 0 Å². The minimum Gasteiger partial charge on any atom is -0.497 e. The normalized spacial score (nSPS) is 24.7. The van der Waals surface area contributed by atoms with Crippen molar-refractivity contribution in [1.29, 1.82) is 0 Å².